The maximum atomic E-state index is 12.8. The van der Waals surface area contributed by atoms with Crippen LogP contribution in [0.4, 0.5) is 0 Å². The maximum Gasteiger partial charge on any atom is 0.255 e. The summed E-state index contributed by atoms with van der Waals surface area (Å²) in [6, 6.07) is 13.6. The SMILES string of the molecule is COc1ccc(OC)c(S(=O)(=O)N(C)CC(=O)N/N=C/c2ccccc2)c1. The van der Waals surface area contributed by atoms with Crippen molar-refractivity contribution in [2.24, 2.45) is 5.10 Å². The van der Waals surface area contributed by atoms with Crippen LogP contribution in [-0.4, -0.2) is 52.7 Å². The number of ether oxygens (including phenoxy) is 2. The van der Waals surface area contributed by atoms with E-state index >= 15 is 0 Å². The summed E-state index contributed by atoms with van der Waals surface area (Å²) in [5, 5.41) is 3.82. The number of carbonyl (C=O) groups excluding carboxylic acids is 1. The Hall–Kier alpha value is -2.91. The topological polar surface area (TPSA) is 97.3 Å². The number of hydrazone groups is 1. The number of rotatable bonds is 8. The Morgan fingerprint density at radius 2 is 1.85 bits per heavy atom. The average molecular weight is 391 g/mol. The molecule has 0 fully saturated rings. The molecule has 9 heteroatoms. The Morgan fingerprint density at radius 1 is 1.15 bits per heavy atom. The minimum atomic E-state index is -3.97. The molecule has 1 amide bonds. The molecule has 2 rings (SSSR count). The summed E-state index contributed by atoms with van der Waals surface area (Å²) in [6.07, 6.45) is 1.47. The normalized spacial score (nSPS) is 11.6. The monoisotopic (exact) mass is 391 g/mol. The van der Waals surface area contributed by atoms with Gasteiger partial charge in [0, 0.05) is 13.1 Å². The van der Waals surface area contributed by atoms with Crippen molar-refractivity contribution in [2.75, 3.05) is 27.8 Å². The van der Waals surface area contributed by atoms with Crippen LogP contribution in [0.2, 0.25) is 0 Å². The fourth-order valence-electron chi connectivity index (χ4n) is 2.19. The molecular weight excluding hydrogens is 370 g/mol. The predicted molar refractivity (Wildman–Crippen MR) is 102 cm³/mol. The number of nitrogens with one attached hydrogen (secondary N) is 1. The smallest absolute Gasteiger partial charge is 0.255 e. The summed E-state index contributed by atoms with van der Waals surface area (Å²) < 4.78 is 36.7. The molecule has 2 aromatic rings. The van der Waals surface area contributed by atoms with Crippen molar-refractivity contribution in [3.63, 3.8) is 0 Å². The minimum Gasteiger partial charge on any atom is -0.497 e. The van der Waals surface area contributed by atoms with E-state index in [4.69, 9.17) is 9.47 Å². The van der Waals surface area contributed by atoms with Gasteiger partial charge in [-0.25, -0.2) is 13.8 Å². The molecule has 144 valence electrons. The summed E-state index contributed by atoms with van der Waals surface area (Å²) in [7, 11) is 0.127. The number of amides is 1. The van der Waals surface area contributed by atoms with E-state index in [-0.39, 0.29) is 10.6 Å². The molecule has 0 heterocycles. The van der Waals surface area contributed by atoms with Crippen LogP contribution in [0, 0.1) is 0 Å². The lowest BCUT2D eigenvalue weighted by Gasteiger charge is -2.18. The Morgan fingerprint density at radius 3 is 2.48 bits per heavy atom. The lowest BCUT2D eigenvalue weighted by Crippen LogP contribution is -2.36. The third kappa shape index (κ3) is 5.28. The van der Waals surface area contributed by atoms with Crippen molar-refractivity contribution in [1.82, 2.24) is 9.73 Å². The van der Waals surface area contributed by atoms with Gasteiger partial charge in [-0.15, -0.1) is 0 Å². The second kappa shape index (κ2) is 9.15. The molecule has 2 aromatic carbocycles. The van der Waals surface area contributed by atoms with Gasteiger partial charge in [-0.1, -0.05) is 30.3 Å². The Balaban J connectivity index is 2.08. The van der Waals surface area contributed by atoms with E-state index in [1.54, 1.807) is 6.07 Å². The predicted octanol–water partition coefficient (Wildman–Crippen LogP) is 1.47. The molecule has 0 unspecified atom stereocenters. The summed E-state index contributed by atoms with van der Waals surface area (Å²) in [5.74, 6) is -0.0556. The Bertz CT molecular complexity index is 914. The number of methoxy groups -OCH3 is 2. The van der Waals surface area contributed by atoms with Gasteiger partial charge in [-0.05, 0) is 17.7 Å². The highest BCUT2D eigenvalue weighted by molar-refractivity contribution is 7.89. The molecule has 0 radical (unpaired) electrons. The van der Waals surface area contributed by atoms with Crippen LogP contribution in [0.15, 0.2) is 58.5 Å². The van der Waals surface area contributed by atoms with Crippen molar-refractivity contribution in [1.29, 1.82) is 0 Å². The van der Waals surface area contributed by atoms with Crippen molar-refractivity contribution >= 4 is 22.1 Å². The summed E-state index contributed by atoms with van der Waals surface area (Å²) in [5.41, 5.74) is 3.11. The standard InChI is InChI=1S/C18H21N3O5S/c1-21(13-18(22)20-19-12-14-7-5-4-6-8-14)27(23,24)17-11-15(25-2)9-10-16(17)26-3/h4-12H,13H2,1-3H3,(H,20,22)/b19-12+. The van der Waals surface area contributed by atoms with Crippen LogP contribution < -0.4 is 14.9 Å². The molecule has 0 bridgehead atoms. The van der Waals surface area contributed by atoms with E-state index in [0.717, 1.165) is 9.87 Å². The highest BCUT2D eigenvalue weighted by Crippen LogP contribution is 2.29. The average Bonchev–Trinajstić information content (AvgIpc) is 2.68. The van der Waals surface area contributed by atoms with Gasteiger partial charge in [0.15, 0.2) is 0 Å². The molecule has 0 atom stereocenters. The Labute approximate surface area is 158 Å². The largest absolute Gasteiger partial charge is 0.497 e. The zero-order chi connectivity index (χ0) is 19.9. The molecule has 0 aliphatic carbocycles. The van der Waals surface area contributed by atoms with E-state index in [1.165, 1.54) is 39.6 Å². The van der Waals surface area contributed by atoms with Gasteiger partial charge in [0.2, 0.25) is 10.0 Å². The van der Waals surface area contributed by atoms with Gasteiger partial charge in [0.05, 0.1) is 27.0 Å². The van der Waals surface area contributed by atoms with Crippen LogP contribution in [0.25, 0.3) is 0 Å². The second-order valence-electron chi connectivity index (χ2n) is 5.48. The van der Waals surface area contributed by atoms with Crippen LogP contribution in [-0.2, 0) is 14.8 Å². The number of benzene rings is 2. The number of hydrogen-bond acceptors (Lipinski definition) is 6. The first kappa shape index (κ1) is 20.4. The highest BCUT2D eigenvalue weighted by Gasteiger charge is 2.27. The van der Waals surface area contributed by atoms with Crippen LogP contribution in [0.1, 0.15) is 5.56 Å². The number of carbonyl (C=O) groups is 1. The van der Waals surface area contributed by atoms with Gasteiger partial charge in [0.25, 0.3) is 5.91 Å². The molecule has 0 saturated heterocycles. The first-order valence-corrected chi connectivity index (χ1v) is 9.38. The molecule has 1 N–H and O–H groups in total. The zero-order valence-corrected chi connectivity index (χ0v) is 16.1. The highest BCUT2D eigenvalue weighted by atomic mass is 32.2. The molecule has 0 spiro atoms. The summed E-state index contributed by atoms with van der Waals surface area (Å²) in [6.45, 7) is -0.408. The molecule has 0 aromatic heterocycles. The van der Waals surface area contributed by atoms with E-state index in [9.17, 15) is 13.2 Å². The van der Waals surface area contributed by atoms with Gasteiger partial charge in [-0.2, -0.15) is 9.41 Å². The zero-order valence-electron chi connectivity index (χ0n) is 15.2. The van der Waals surface area contributed by atoms with Crippen molar-refractivity contribution in [3.05, 3.63) is 54.1 Å². The number of nitrogens with zero attached hydrogens (tertiary/aromatic N) is 2. The maximum absolute atomic E-state index is 12.8. The molecule has 0 saturated carbocycles. The fourth-order valence-corrected chi connectivity index (χ4v) is 3.49. The second-order valence-corrected chi connectivity index (χ2v) is 7.50. The minimum absolute atomic E-state index is 0.0903. The third-order valence-corrected chi connectivity index (χ3v) is 5.45. The van der Waals surface area contributed by atoms with Crippen LogP contribution >= 0.6 is 0 Å². The lowest BCUT2D eigenvalue weighted by atomic mass is 10.2. The van der Waals surface area contributed by atoms with Gasteiger partial charge < -0.3 is 9.47 Å². The van der Waals surface area contributed by atoms with Crippen molar-refractivity contribution in [2.45, 2.75) is 4.90 Å². The van der Waals surface area contributed by atoms with Gasteiger partial charge >= 0.3 is 0 Å². The molecule has 27 heavy (non-hydrogen) atoms. The molecule has 8 nitrogen and oxygen atoms in total. The van der Waals surface area contributed by atoms with Gasteiger partial charge in [0.1, 0.15) is 16.4 Å². The first-order valence-electron chi connectivity index (χ1n) is 7.94. The lowest BCUT2D eigenvalue weighted by molar-refractivity contribution is -0.121. The van der Waals surface area contributed by atoms with E-state index < -0.39 is 22.5 Å². The summed E-state index contributed by atoms with van der Waals surface area (Å²) in [4.78, 5) is 11.9. The number of hydrogen-bond donors (Lipinski definition) is 1. The van der Waals surface area contributed by atoms with E-state index in [0.29, 0.717) is 5.75 Å². The van der Waals surface area contributed by atoms with Crippen LogP contribution in [0.3, 0.4) is 0 Å². The first-order chi connectivity index (χ1) is 12.9. The van der Waals surface area contributed by atoms with Crippen LogP contribution in [0.5, 0.6) is 11.5 Å². The van der Waals surface area contributed by atoms with Crippen molar-refractivity contribution in [3.8, 4) is 11.5 Å². The fraction of sp³-hybridized carbons (Fsp3) is 0.222. The summed E-state index contributed by atoms with van der Waals surface area (Å²) >= 11 is 0. The molecule has 0 aliphatic heterocycles. The van der Waals surface area contributed by atoms with Crippen molar-refractivity contribution < 1.29 is 22.7 Å². The van der Waals surface area contributed by atoms with E-state index in [2.05, 4.69) is 10.5 Å². The molecular formula is C18H21N3O5S. The number of sulfonamides is 1. The third-order valence-electron chi connectivity index (χ3n) is 3.63. The van der Waals surface area contributed by atoms with Gasteiger partial charge in [-0.3, -0.25) is 4.79 Å². The Kier molecular flexibility index (Phi) is 6.91. The number of likely N-dealkylation sites (N-methyl/N-ethyl adjacent to an activating group) is 1. The molecule has 0 aliphatic rings. The van der Waals surface area contributed by atoms with E-state index in [1.807, 2.05) is 30.3 Å². The quantitative estimate of drug-likeness (QED) is 0.543.